The van der Waals surface area contributed by atoms with Gasteiger partial charge in [-0.25, -0.2) is 0 Å². The van der Waals surface area contributed by atoms with Crippen molar-refractivity contribution in [2.75, 3.05) is 0 Å². The minimum atomic E-state index is -1.56. The Morgan fingerprint density at radius 3 is 2.19 bits per heavy atom. The highest BCUT2D eigenvalue weighted by Crippen LogP contribution is 2.46. The minimum Gasteiger partial charge on any atom is -0.133 e. The van der Waals surface area contributed by atoms with Crippen LogP contribution >= 0.6 is 7.95 Å². The molecule has 1 heterocycles. The van der Waals surface area contributed by atoms with E-state index in [1.54, 1.807) is 0 Å². The molecule has 2 nitrogen and oxygen atoms in total. The summed E-state index contributed by atoms with van der Waals surface area (Å²) in [6.07, 6.45) is 0. The van der Waals surface area contributed by atoms with Gasteiger partial charge in [0, 0.05) is 10.9 Å². The Balaban J connectivity index is 2.32. The highest BCUT2D eigenvalue weighted by atomic mass is 31.1. The van der Waals surface area contributed by atoms with Gasteiger partial charge >= 0.3 is 7.95 Å². The topological polar surface area (TPSA) is 22.0 Å². The first-order valence-corrected chi connectivity index (χ1v) is 8.33. The largest absolute Gasteiger partial charge is 0.472 e. The molecule has 2 aromatic carbocycles. The second-order valence-corrected chi connectivity index (χ2v) is 8.50. The Morgan fingerprint density at radius 1 is 0.905 bits per heavy atom. The molecule has 0 aliphatic rings. The van der Waals surface area contributed by atoms with Gasteiger partial charge in [-0.15, -0.1) is 4.34 Å². The number of aromatic nitrogens is 1. The van der Waals surface area contributed by atoms with Crippen LogP contribution in [0.25, 0.3) is 22.2 Å². The molecule has 1 atom stereocenters. The van der Waals surface area contributed by atoms with Gasteiger partial charge < -0.3 is 0 Å². The van der Waals surface area contributed by atoms with E-state index >= 15 is 0 Å². The summed E-state index contributed by atoms with van der Waals surface area (Å²) in [4.78, 5) is 0. The molecule has 1 unspecified atom stereocenters. The van der Waals surface area contributed by atoms with Crippen molar-refractivity contribution in [1.29, 1.82) is 0 Å². The molecule has 0 aliphatic carbocycles. The Bertz CT molecular complexity index is 797. The van der Waals surface area contributed by atoms with E-state index in [-0.39, 0.29) is 5.16 Å². The van der Waals surface area contributed by atoms with Crippen LogP contribution in [0.4, 0.5) is 0 Å². The maximum Gasteiger partial charge on any atom is 0.472 e. The van der Waals surface area contributed by atoms with Gasteiger partial charge in [0.1, 0.15) is 0 Å². The summed E-state index contributed by atoms with van der Waals surface area (Å²) in [6.45, 7) is 6.07. The van der Waals surface area contributed by atoms with Crippen molar-refractivity contribution in [3.8, 4) is 11.3 Å². The van der Waals surface area contributed by atoms with Crippen LogP contribution in [0.2, 0.25) is 0 Å². The fraction of sp³-hybridized carbons (Fsp3) is 0.222. The maximum absolute atomic E-state index is 13.0. The zero-order valence-corrected chi connectivity index (χ0v) is 13.5. The molecule has 106 valence electrons. The second-order valence-electron chi connectivity index (χ2n) is 6.21. The average Bonchev–Trinajstić information content (AvgIpc) is 2.85. The summed E-state index contributed by atoms with van der Waals surface area (Å²) >= 11 is 0. The number of nitrogens with zero attached hydrogens (tertiary/aromatic N) is 1. The van der Waals surface area contributed by atoms with E-state index < -0.39 is 7.95 Å². The van der Waals surface area contributed by atoms with Crippen molar-refractivity contribution in [1.82, 2.24) is 4.34 Å². The maximum atomic E-state index is 13.0. The summed E-state index contributed by atoms with van der Waals surface area (Å²) in [5.74, 6) is 0. The quantitative estimate of drug-likeness (QED) is 0.556. The van der Waals surface area contributed by atoms with Crippen LogP contribution in [-0.2, 0) is 4.57 Å². The van der Waals surface area contributed by atoms with Gasteiger partial charge in [-0.05, 0) is 37.5 Å². The smallest absolute Gasteiger partial charge is 0.133 e. The number of rotatable bonds is 2. The predicted molar refractivity (Wildman–Crippen MR) is 90.1 cm³/mol. The third-order valence-electron chi connectivity index (χ3n) is 3.51. The number of hydrogen-bond acceptors (Lipinski definition) is 1. The van der Waals surface area contributed by atoms with Crippen LogP contribution in [0.15, 0.2) is 60.7 Å². The first kappa shape index (κ1) is 14.0. The Labute approximate surface area is 126 Å². The van der Waals surface area contributed by atoms with Gasteiger partial charge in [-0.1, -0.05) is 48.5 Å². The fourth-order valence-corrected chi connectivity index (χ4v) is 3.80. The van der Waals surface area contributed by atoms with E-state index in [9.17, 15) is 4.57 Å². The third-order valence-corrected chi connectivity index (χ3v) is 5.45. The van der Waals surface area contributed by atoms with E-state index in [1.165, 1.54) is 0 Å². The molecule has 1 aromatic heterocycles. The minimum absolute atomic E-state index is 0.277. The zero-order chi connectivity index (χ0) is 15.0. The number of benzene rings is 2. The molecule has 3 aromatic rings. The molecule has 0 N–H and O–H groups in total. The van der Waals surface area contributed by atoms with Gasteiger partial charge in [0.05, 0.1) is 11.2 Å². The molecule has 0 aliphatic heterocycles. The SMILES string of the molecule is CC(C)(C)[P+](=O)n1c(-c2ccccc2)cc2ccccc21. The second kappa shape index (κ2) is 5.13. The Kier molecular flexibility index (Phi) is 3.43. The van der Waals surface area contributed by atoms with Crippen molar-refractivity contribution in [3.05, 3.63) is 60.7 Å². The summed E-state index contributed by atoms with van der Waals surface area (Å²) in [5, 5.41) is 0.852. The summed E-state index contributed by atoms with van der Waals surface area (Å²) in [6, 6.07) is 20.4. The molecule has 0 amide bonds. The molecule has 0 saturated carbocycles. The van der Waals surface area contributed by atoms with Crippen LogP contribution in [-0.4, -0.2) is 9.49 Å². The normalized spacial score (nSPS) is 12.6. The Hall–Kier alpha value is -1.92. The third kappa shape index (κ3) is 2.52. The molecule has 0 saturated heterocycles. The van der Waals surface area contributed by atoms with Crippen LogP contribution in [0, 0.1) is 0 Å². The summed E-state index contributed by atoms with van der Waals surface area (Å²) < 4.78 is 15.0. The van der Waals surface area contributed by atoms with Crippen molar-refractivity contribution >= 4 is 18.9 Å². The predicted octanol–water partition coefficient (Wildman–Crippen LogP) is 5.70. The van der Waals surface area contributed by atoms with Gasteiger partial charge in [0.2, 0.25) is 0 Å². The van der Waals surface area contributed by atoms with Crippen LogP contribution < -0.4 is 0 Å². The van der Waals surface area contributed by atoms with Gasteiger partial charge in [-0.3, -0.25) is 0 Å². The number of para-hydroxylation sites is 1. The van der Waals surface area contributed by atoms with Gasteiger partial charge in [-0.2, -0.15) is 0 Å². The number of fused-ring (bicyclic) bond motifs is 1. The van der Waals surface area contributed by atoms with Crippen molar-refractivity contribution in [2.24, 2.45) is 0 Å². The van der Waals surface area contributed by atoms with Gasteiger partial charge in [0.25, 0.3) is 0 Å². The van der Waals surface area contributed by atoms with Crippen LogP contribution in [0.3, 0.4) is 0 Å². The van der Waals surface area contributed by atoms with E-state index in [0.717, 1.165) is 22.2 Å². The average molecular weight is 296 g/mol. The van der Waals surface area contributed by atoms with Crippen molar-refractivity contribution in [3.63, 3.8) is 0 Å². The van der Waals surface area contributed by atoms with Crippen LogP contribution in [0.5, 0.6) is 0 Å². The molecule has 3 heteroatoms. The summed E-state index contributed by atoms with van der Waals surface area (Å²) in [5.41, 5.74) is 3.15. The molecule has 0 bridgehead atoms. The van der Waals surface area contributed by atoms with E-state index in [1.807, 2.05) is 61.5 Å². The summed E-state index contributed by atoms with van der Waals surface area (Å²) in [7, 11) is -1.56. The lowest BCUT2D eigenvalue weighted by Crippen LogP contribution is -2.11. The molecular weight excluding hydrogens is 277 g/mol. The molecular formula is C18H19NOP+. The standard InChI is InChI=1S/C18H19NOP/c1-18(2,3)21(20)19-16-12-8-7-11-15(16)13-17(19)14-9-5-4-6-10-14/h4-13H,1-3H3/q+1. The molecule has 0 spiro atoms. The Morgan fingerprint density at radius 2 is 1.52 bits per heavy atom. The van der Waals surface area contributed by atoms with Gasteiger partial charge in [0.15, 0.2) is 5.16 Å². The first-order chi connectivity index (χ1) is 9.98. The highest BCUT2D eigenvalue weighted by Gasteiger charge is 2.39. The zero-order valence-electron chi connectivity index (χ0n) is 12.6. The molecule has 0 radical (unpaired) electrons. The van der Waals surface area contributed by atoms with Crippen molar-refractivity contribution < 1.29 is 4.57 Å². The lowest BCUT2D eigenvalue weighted by Gasteiger charge is -2.08. The lowest BCUT2D eigenvalue weighted by molar-refractivity contribution is 0.560. The van der Waals surface area contributed by atoms with Crippen molar-refractivity contribution in [2.45, 2.75) is 25.9 Å². The van der Waals surface area contributed by atoms with Crippen LogP contribution in [0.1, 0.15) is 20.8 Å². The highest BCUT2D eigenvalue weighted by molar-refractivity contribution is 7.45. The lowest BCUT2D eigenvalue weighted by atomic mass is 10.1. The monoisotopic (exact) mass is 296 g/mol. The number of hydrogen-bond donors (Lipinski definition) is 0. The van der Waals surface area contributed by atoms with E-state index in [4.69, 9.17) is 0 Å². The molecule has 3 rings (SSSR count). The molecule has 0 fully saturated rings. The molecule has 21 heavy (non-hydrogen) atoms. The fourth-order valence-electron chi connectivity index (χ4n) is 2.45. The first-order valence-electron chi connectivity index (χ1n) is 7.12. The van der Waals surface area contributed by atoms with E-state index in [0.29, 0.717) is 0 Å². The van der Waals surface area contributed by atoms with E-state index in [2.05, 4.69) is 24.3 Å².